The molecule has 1 amide bonds. The Labute approximate surface area is 124 Å². The summed E-state index contributed by atoms with van der Waals surface area (Å²) in [4.78, 5) is 11.9. The molecule has 0 bridgehead atoms. The van der Waals surface area contributed by atoms with E-state index in [9.17, 15) is 31.1 Å². The summed E-state index contributed by atoms with van der Waals surface area (Å²) < 4.78 is 78.8. The highest BCUT2D eigenvalue weighted by Gasteiger charge is 2.48. The largest absolute Gasteiger partial charge is 0.411 e. The van der Waals surface area contributed by atoms with Gasteiger partial charge in [0.25, 0.3) is 0 Å². The fourth-order valence-corrected chi connectivity index (χ4v) is 2.58. The van der Waals surface area contributed by atoms with Crippen LogP contribution in [0.1, 0.15) is 32.6 Å². The fraction of sp³-hybridized carbons (Fsp3) is 0.923. The number of amides is 1. The fourth-order valence-electron chi connectivity index (χ4n) is 2.58. The minimum absolute atomic E-state index is 0.0967. The van der Waals surface area contributed by atoms with Crippen LogP contribution in [0.4, 0.5) is 26.3 Å². The second kappa shape index (κ2) is 7.52. The summed E-state index contributed by atoms with van der Waals surface area (Å²) in [6.45, 7) is -0.476. The third-order valence-electron chi connectivity index (χ3n) is 3.55. The lowest BCUT2D eigenvalue weighted by atomic mass is 9.78. The number of rotatable bonds is 5. The SMILES string of the molecule is C[C@H](COCC(F)(F)F)NC(=O)[C@H]1CCCC[C@@H]1C(F)(F)F. The average molecular weight is 335 g/mol. The molecule has 0 aromatic rings. The Morgan fingerprint density at radius 3 is 2.32 bits per heavy atom. The van der Waals surface area contributed by atoms with Gasteiger partial charge in [-0.05, 0) is 19.8 Å². The van der Waals surface area contributed by atoms with Crippen molar-refractivity contribution in [1.29, 1.82) is 0 Å². The van der Waals surface area contributed by atoms with Crippen LogP contribution in [0.2, 0.25) is 0 Å². The summed E-state index contributed by atoms with van der Waals surface area (Å²) in [6, 6.07) is -0.786. The number of carbonyl (C=O) groups excluding carboxylic acids is 1. The molecule has 3 nitrogen and oxygen atoms in total. The summed E-state index contributed by atoms with van der Waals surface area (Å²) in [5, 5.41) is 2.31. The molecule has 0 saturated heterocycles. The van der Waals surface area contributed by atoms with Gasteiger partial charge in [0.05, 0.1) is 12.5 Å². The maximum atomic E-state index is 12.9. The molecule has 1 rings (SSSR count). The summed E-state index contributed by atoms with van der Waals surface area (Å²) in [5.74, 6) is -3.64. The number of halogens is 6. The minimum atomic E-state index is -4.48. The molecule has 3 atom stereocenters. The van der Waals surface area contributed by atoms with Gasteiger partial charge < -0.3 is 10.1 Å². The van der Waals surface area contributed by atoms with E-state index in [0.717, 1.165) is 0 Å². The van der Waals surface area contributed by atoms with Crippen LogP contribution in [-0.4, -0.2) is 37.5 Å². The maximum absolute atomic E-state index is 12.9. The highest BCUT2D eigenvalue weighted by atomic mass is 19.4. The van der Waals surface area contributed by atoms with Gasteiger partial charge in [0, 0.05) is 12.0 Å². The molecular formula is C13H19F6NO2. The van der Waals surface area contributed by atoms with Crippen molar-refractivity contribution in [1.82, 2.24) is 5.32 Å². The van der Waals surface area contributed by atoms with Gasteiger partial charge in [-0.15, -0.1) is 0 Å². The van der Waals surface area contributed by atoms with Gasteiger partial charge in [-0.25, -0.2) is 0 Å². The molecule has 0 aliphatic heterocycles. The molecular weight excluding hydrogens is 316 g/mol. The lowest BCUT2D eigenvalue weighted by molar-refractivity contribution is -0.198. The number of alkyl halides is 6. The Morgan fingerprint density at radius 2 is 1.77 bits per heavy atom. The molecule has 130 valence electrons. The molecule has 0 unspecified atom stereocenters. The van der Waals surface area contributed by atoms with E-state index in [0.29, 0.717) is 12.8 Å². The molecule has 0 aromatic carbocycles. The van der Waals surface area contributed by atoms with Crippen LogP contribution >= 0.6 is 0 Å². The smallest absolute Gasteiger partial charge is 0.370 e. The maximum Gasteiger partial charge on any atom is 0.411 e. The number of hydrogen-bond acceptors (Lipinski definition) is 2. The van der Waals surface area contributed by atoms with Crippen molar-refractivity contribution in [2.75, 3.05) is 13.2 Å². The molecule has 0 aromatic heterocycles. The molecule has 1 saturated carbocycles. The van der Waals surface area contributed by atoms with Crippen LogP contribution < -0.4 is 5.32 Å². The van der Waals surface area contributed by atoms with E-state index in [1.807, 2.05) is 0 Å². The van der Waals surface area contributed by atoms with Gasteiger partial charge in [0.1, 0.15) is 6.61 Å². The van der Waals surface area contributed by atoms with E-state index in [-0.39, 0.29) is 12.8 Å². The number of hydrogen-bond donors (Lipinski definition) is 1. The highest BCUT2D eigenvalue weighted by molar-refractivity contribution is 5.79. The molecule has 1 aliphatic carbocycles. The van der Waals surface area contributed by atoms with E-state index in [2.05, 4.69) is 10.1 Å². The van der Waals surface area contributed by atoms with Gasteiger partial charge in [-0.2, -0.15) is 26.3 Å². The number of nitrogens with one attached hydrogen (secondary N) is 1. The zero-order chi connectivity index (χ0) is 17.0. The first-order valence-corrected chi connectivity index (χ1v) is 7.02. The predicted octanol–water partition coefficient (Wildman–Crippen LogP) is 3.44. The lowest BCUT2D eigenvalue weighted by Gasteiger charge is -2.32. The summed E-state index contributed by atoms with van der Waals surface area (Å²) in [5.41, 5.74) is 0. The molecule has 0 spiro atoms. The second-order valence-electron chi connectivity index (χ2n) is 5.58. The van der Waals surface area contributed by atoms with Gasteiger partial charge in [-0.1, -0.05) is 12.8 Å². The van der Waals surface area contributed by atoms with Gasteiger partial charge >= 0.3 is 12.4 Å². The zero-order valence-corrected chi connectivity index (χ0v) is 12.1. The van der Waals surface area contributed by atoms with Crippen molar-refractivity contribution in [2.45, 2.75) is 51.0 Å². The highest BCUT2D eigenvalue weighted by Crippen LogP contribution is 2.41. The third kappa shape index (κ3) is 6.41. The normalized spacial score (nSPS) is 24.9. The Bertz CT molecular complexity index is 369. The molecule has 0 heterocycles. The van der Waals surface area contributed by atoms with Crippen LogP contribution in [0, 0.1) is 11.8 Å². The Balaban J connectivity index is 2.48. The van der Waals surface area contributed by atoms with E-state index >= 15 is 0 Å². The molecule has 22 heavy (non-hydrogen) atoms. The minimum Gasteiger partial charge on any atom is -0.370 e. The van der Waals surface area contributed by atoms with Crippen molar-refractivity contribution < 1.29 is 35.9 Å². The topological polar surface area (TPSA) is 38.3 Å². The first-order chi connectivity index (χ1) is 10.0. The first kappa shape index (κ1) is 19.1. The van der Waals surface area contributed by atoms with E-state index in [4.69, 9.17) is 0 Å². The monoisotopic (exact) mass is 335 g/mol. The molecule has 9 heteroatoms. The predicted molar refractivity (Wildman–Crippen MR) is 66.0 cm³/mol. The zero-order valence-electron chi connectivity index (χ0n) is 12.1. The van der Waals surface area contributed by atoms with Crippen LogP contribution in [0.25, 0.3) is 0 Å². The van der Waals surface area contributed by atoms with Crippen LogP contribution in [0.15, 0.2) is 0 Å². The average Bonchev–Trinajstić information content (AvgIpc) is 2.36. The summed E-state index contributed by atoms with van der Waals surface area (Å²) >= 11 is 0. The van der Waals surface area contributed by atoms with Crippen molar-refractivity contribution >= 4 is 5.91 Å². The van der Waals surface area contributed by atoms with Gasteiger partial charge in [0.2, 0.25) is 5.91 Å². The standard InChI is InChI=1S/C13H19F6NO2/c1-8(6-22-7-12(14,15)16)20-11(21)9-4-2-3-5-10(9)13(17,18)19/h8-10H,2-7H2,1H3,(H,20,21)/t8-,9+,10+/m1/s1. The van der Waals surface area contributed by atoms with Crippen molar-refractivity contribution in [3.8, 4) is 0 Å². The lowest BCUT2D eigenvalue weighted by Crippen LogP contribution is -2.46. The van der Waals surface area contributed by atoms with Crippen LogP contribution in [-0.2, 0) is 9.53 Å². The van der Waals surface area contributed by atoms with Gasteiger partial charge in [-0.3, -0.25) is 4.79 Å². The molecule has 0 radical (unpaired) electrons. The Morgan fingerprint density at radius 1 is 1.18 bits per heavy atom. The van der Waals surface area contributed by atoms with Crippen LogP contribution in [0.3, 0.4) is 0 Å². The third-order valence-corrected chi connectivity index (χ3v) is 3.55. The van der Waals surface area contributed by atoms with Crippen molar-refractivity contribution in [2.24, 2.45) is 11.8 Å². The summed E-state index contributed by atoms with van der Waals surface area (Å²) in [7, 11) is 0. The molecule has 1 N–H and O–H groups in total. The first-order valence-electron chi connectivity index (χ1n) is 7.02. The molecule has 1 aliphatic rings. The van der Waals surface area contributed by atoms with Crippen LogP contribution in [0.5, 0.6) is 0 Å². The Hall–Kier alpha value is -0.990. The number of carbonyl (C=O) groups is 1. The van der Waals surface area contributed by atoms with E-state index < -0.39 is 49.4 Å². The van der Waals surface area contributed by atoms with E-state index in [1.165, 1.54) is 6.92 Å². The Kier molecular flexibility index (Phi) is 6.51. The van der Waals surface area contributed by atoms with E-state index in [1.54, 1.807) is 0 Å². The van der Waals surface area contributed by atoms with Crippen molar-refractivity contribution in [3.05, 3.63) is 0 Å². The van der Waals surface area contributed by atoms with Crippen molar-refractivity contribution in [3.63, 3.8) is 0 Å². The summed E-state index contributed by atoms with van der Waals surface area (Å²) in [6.07, 6.45) is -7.94. The quantitative estimate of drug-likeness (QED) is 0.782. The number of ether oxygens (including phenoxy) is 1. The second-order valence-corrected chi connectivity index (χ2v) is 5.58. The van der Waals surface area contributed by atoms with Gasteiger partial charge in [0.15, 0.2) is 0 Å². The molecule has 1 fully saturated rings.